The van der Waals surface area contributed by atoms with Crippen LogP contribution in [0, 0.1) is 6.57 Å². The molecular weight excluding hydrogens is 405 g/mol. The predicted molar refractivity (Wildman–Crippen MR) is 112 cm³/mol. The van der Waals surface area contributed by atoms with Gasteiger partial charge in [0.15, 0.2) is 0 Å². The third-order valence-corrected chi connectivity index (χ3v) is 4.61. The summed E-state index contributed by atoms with van der Waals surface area (Å²) in [6.07, 6.45) is -4.45. The Hall–Kier alpha value is -3.99. The van der Waals surface area contributed by atoms with Crippen molar-refractivity contribution in [2.75, 3.05) is 5.32 Å². The van der Waals surface area contributed by atoms with Gasteiger partial charge in [0, 0.05) is 5.69 Å². The zero-order valence-electron chi connectivity index (χ0n) is 16.2. The number of nitrogens with one attached hydrogen (secondary N) is 3. The van der Waals surface area contributed by atoms with Crippen molar-refractivity contribution < 1.29 is 18.0 Å². The summed E-state index contributed by atoms with van der Waals surface area (Å²) in [5, 5.41) is 5.38. The van der Waals surface area contributed by atoms with Crippen LogP contribution < -0.4 is 16.1 Å². The van der Waals surface area contributed by atoms with E-state index in [1.165, 1.54) is 12.1 Å². The Kier molecular flexibility index (Phi) is 6.78. The molecule has 2 atom stereocenters. The van der Waals surface area contributed by atoms with Crippen LogP contribution in [-0.4, -0.2) is 6.03 Å². The van der Waals surface area contributed by atoms with Crippen molar-refractivity contribution in [1.82, 2.24) is 10.7 Å². The fraction of sp³-hybridized carbons (Fsp3) is 0.130. The van der Waals surface area contributed by atoms with E-state index in [1.807, 2.05) is 60.7 Å². The van der Waals surface area contributed by atoms with Crippen molar-refractivity contribution in [3.8, 4) is 0 Å². The molecule has 2 unspecified atom stereocenters. The Morgan fingerprint density at radius 3 is 1.81 bits per heavy atom. The maximum absolute atomic E-state index is 12.7. The summed E-state index contributed by atoms with van der Waals surface area (Å²) in [7, 11) is 0. The average molecular weight is 424 g/mol. The molecule has 0 radical (unpaired) electrons. The number of anilines is 1. The van der Waals surface area contributed by atoms with E-state index in [-0.39, 0.29) is 5.69 Å². The molecule has 2 amide bonds. The van der Waals surface area contributed by atoms with Crippen LogP contribution in [0.15, 0.2) is 84.9 Å². The van der Waals surface area contributed by atoms with Crippen LogP contribution in [0.3, 0.4) is 0 Å². The molecule has 0 aliphatic heterocycles. The quantitative estimate of drug-likeness (QED) is 0.349. The first-order valence-corrected chi connectivity index (χ1v) is 9.35. The van der Waals surface area contributed by atoms with Gasteiger partial charge in [0.25, 0.3) is 0 Å². The van der Waals surface area contributed by atoms with Gasteiger partial charge in [-0.25, -0.2) is 4.79 Å². The number of alkyl halides is 3. The monoisotopic (exact) mass is 424 g/mol. The van der Waals surface area contributed by atoms with Gasteiger partial charge in [0.1, 0.15) is 6.04 Å². The van der Waals surface area contributed by atoms with E-state index >= 15 is 0 Å². The minimum atomic E-state index is -4.45. The van der Waals surface area contributed by atoms with Crippen molar-refractivity contribution in [2.45, 2.75) is 18.3 Å². The minimum Gasteiger partial charge on any atom is -0.328 e. The maximum Gasteiger partial charge on any atom is 0.416 e. The zero-order chi connectivity index (χ0) is 22.3. The molecule has 0 saturated heterocycles. The summed E-state index contributed by atoms with van der Waals surface area (Å²) in [6.45, 7) is 7.26. The van der Waals surface area contributed by atoms with Gasteiger partial charge in [-0.1, -0.05) is 60.7 Å². The standard InChI is InChI=1S/C23H19F3N4O/c1-27-30-21(17-10-6-3-7-11-17)20(16-8-4-2-5-9-16)29-22(31)28-19-14-12-18(13-15-19)23(24,25)26/h2-15,20-21,30H,(H2,28,29,31). The Labute approximate surface area is 177 Å². The topological polar surface area (TPSA) is 57.5 Å². The number of hydrogen-bond acceptors (Lipinski definition) is 2. The average Bonchev–Trinajstić information content (AvgIpc) is 2.77. The minimum absolute atomic E-state index is 0.215. The SMILES string of the molecule is [C-]#[N+]NC(c1ccccc1)C(NC(=O)Nc1ccc(C(F)(F)F)cc1)c1ccccc1. The fourth-order valence-corrected chi connectivity index (χ4v) is 3.14. The molecule has 0 aliphatic carbocycles. The van der Waals surface area contributed by atoms with Gasteiger partial charge in [-0.3, -0.25) is 0 Å². The van der Waals surface area contributed by atoms with E-state index in [0.717, 1.165) is 23.3 Å². The van der Waals surface area contributed by atoms with Crippen LogP contribution in [0.5, 0.6) is 0 Å². The number of hydrogen-bond donors (Lipinski definition) is 3. The number of urea groups is 1. The first-order valence-electron chi connectivity index (χ1n) is 9.35. The van der Waals surface area contributed by atoms with Gasteiger partial charge in [-0.15, -0.1) is 5.43 Å². The lowest BCUT2D eigenvalue weighted by atomic mass is 9.94. The normalized spacial score (nSPS) is 12.8. The lowest BCUT2D eigenvalue weighted by Crippen LogP contribution is -2.39. The zero-order valence-corrected chi connectivity index (χ0v) is 16.2. The van der Waals surface area contributed by atoms with Gasteiger partial charge in [-0.2, -0.15) is 24.7 Å². The number of carbonyl (C=O) groups excluding carboxylic acids is 1. The van der Waals surface area contributed by atoms with Gasteiger partial charge >= 0.3 is 12.2 Å². The molecule has 0 heterocycles. The molecule has 158 valence electrons. The van der Waals surface area contributed by atoms with Crippen molar-refractivity contribution in [3.63, 3.8) is 0 Å². The van der Waals surface area contributed by atoms with Gasteiger partial charge in [-0.05, 0) is 35.4 Å². The maximum atomic E-state index is 12.7. The highest BCUT2D eigenvalue weighted by molar-refractivity contribution is 5.89. The number of benzene rings is 3. The molecule has 3 N–H and O–H groups in total. The first kappa shape index (κ1) is 21.7. The highest BCUT2D eigenvalue weighted by atomic mass is 19.4. The number of carbonyl (C=O) groups is 1. The Morgan fingerprint density at radius 2 is 1.32 bits per heavy atom. The van der Waals surface area contributed by atoms with Gasteiger partial charge < -0.3 is 10.6 Å². The van der Waals surface area contributed by atoms with Crippen LogP contribution in [0.25, 0.3) is 4.95 Å². The van der Waals surface area contributed by atoms with E-state index in [4.69, 9.17) is 6.57 Å². The smallest absolute Gasteiger partial charge is 0.328 e. The molecule has 3 aromatic rings. The van der Waals surface area contributed by atoms with Crippen molar-refractivity contribution in [3.05, 3.63) is 113 Å². The first-order chi connectivity index (χ1) is 14.9. The van der Waals surface area contributed by atoms with E-state index in [9.17, 15) is 18.0 Å². The van der Waals surface area contributed by atoms with Crippen molar-refractivity contribution in [1.29, 1.82) is 0 Å². The third kappa shape index (κ3) is 5.76. The molecule has 31 heavy (non-hydrogen) atoms. The molecule has 5 nitrogen and oxygen atoms in total. The molecule has 0 aliphatic rings. The molecule has 0 saturated carbocycles. The molecular formula is C23H19F3N4O. The number of amides is 2. The fourth-order valence-electron chi connectivity index (χ4n) is 3.14. The Morgan fingerprint density at radius 1 is 0.806 bits per heavy atom. The van der Waals surface area contributed by atoms with Gasteiger partial charge in [0.05, 0.1) is 11.6 Å². The largest absolute Gasteiger partial charge is 0.416 e. The second-order valence-corrected chi connectivity index (χ2v) is 6.69. The van der Waals surface area contributed by atoms with E-state index in [1.54, 1.807) is 0 Å². The van der Waals surface area contributed by atoms with E-state index in [2.05, 4.69) is 21.0 Å². The Bertz CT molecular complexity index is 1030. The van der Waals surface area contributed by atoms with Crippen LogP contribution in [-0.2, 0) is 6.18 Å². The van der Waals surface area contributed by atoms with Crippen LogP contribution >= 0.6 is 0 Å². The molecule has 0 aromatic heterocycles. The van der Waals surface area contributed by atoms with Crippen LogP contribution in [0.2, 0.25) is 0 Å². The van der Waals surface area contributed by atoms with Crippen molar-refractivity contribution in [2.24, 2.45) is 0 Å². The lowest BCUT2D eigenvalue weighted by Gasteiger charge is -2.26. The Balaban J connectivity index is 1.83. The lowest BCUT2D eigenvalue weighted by molar-refractivity contribution is -0.137. The number of rotatable bonds is 6. The number of nitrogens with zero attached hydrogens (tertiary/aromatic N) is 1. The molecule has 0 spiro atoms. The van der Waals surface area contributed by atoms with Crippen LogP contribution in [0.4, 0.5) is 23.7 Å². The van der Waals surface area contributed by atoms with E-state index < -0.39 is 29.9 Å². The summed E-state index contributed by atoms with van der Waals surface area (Å²) in [4.78, 5) is 16.0. The number of halogens is 3. The van der Waals surface area contributed by atoms with Crippen LogP contribution in [0.1, 0.15) is 28.8 Å². The molecule has 3 rings (SSSR count). The molecule has 0 fully saturated rings. The second kappa shape index (κ2) is 9.67. The summed E-state index contributed by atoms with van der Waals surface area (Å²) in [5.41, 5.74) is 3.68. The predicted octanol–water partition coefficient (Wildman–Crippen LogP) is 5.73. The molecule has 0 bridgehead atoms. The summed E-state index contributed by atoms with van der Waals surface area (Å²) < 4.78 is 38.2. The summed E-state index contributed by atoms with van der Waals surface area (Å²) in [6, 6.07) is 20.7. The summed E-state index contributed by atoms with van der Waals surface area (Å²) >= 11 is 0. The molecule has 8 heteroatoms. The summed E-state index contributed by atoms with van der Waals surface area (Å²) in [5.74, 6) is 0. The highest BCUT2D eigenvalue weighted by Gasteiger charge is 2.31. The van der Waals surface area contributed by atoms with Gasteiger partial charge in [0.2, 0.25) is 0 Å². The third-order valence-electron chi connectivity index (χ3n) is 4.61. The highest BCUT2D eigenvalue weighted by Crippen LogP contribution is 2.31. The van der Waals surface area contributed by atoms with Crippen molar-refractivity contribution >= 4 is 11.7 Å². The molecule has 3 aromatic carbocycles. The van der Waals surface area contributed by atoms with E-state index in [0.29, 0.717) is 0 Å². The second-order valence-electron chi connectivity index (χ2n) is 6.69.